The largest absolute Gasteiger partial charge is 0.508 e. The summed E-state index contributed by atoms with van der Waals surface area (Å²) in [6.07, 6.45) is -10.6. The fraction of sp³-hybridized carbons (Fsp3) is 0.483. The van der Waals surface area contributed by atoms with E-state index in [1.165, 1.54) is 82.6 Å². The van der Waals surface area contributed by atoms with Crippen LogP contribution in [0.5, 0.6) is 51.7 Å². The summed E-state index contributed by atoms with van der Waals surface area (Å²) in [5.74, 6) is -15.6. The van der Waals surface area contributed by atoms with Crippen LogP contribution >= 0.6 is 11.6 Å². The molecule has 9 amide bonds. The number of carbonyl (C=O) groups excluding carboxylic acids is 9. The van der Waals surface area contributed by atoms with Crippen molar-refractivity contribution in [2.75, 3.05) is 34.0 Å². The van der Waals surface area contributed by atoms with Crippen LogP contribution in [0.3, 0.4) is 0 Å². The van der Waals surface area contributed by atoms with Gasteiger partial charge in [0, 0.05) is 60.4 Å². The lowest BCUT2D eigenvalue weighted by molar-refractivity contribution is -0.286. The number of hydrogen-bond donors (Lipinski definition) is 19. The summed E-state index contributed by atoms with van der Waals surface area (Å²) >= 11 is 7.31. The number of nitrogens with one attached hydrogen (secondary N) is 9. The number of nitrogens with two attached hydrogens (primary N) is 1. The van der Waals surface area contributed by atoms with E-state index in [4.69, 9.17) is 50.5 Å². The molecule has 0 aromatic heterocycles. The van der Waals surface area contributed by atoms with Crippen molar-refractivity contribution in [2.45, 2.75) is 195 Å². The summed E-state index contributed by atoms with van der Waals surface area (Å²) in [7, 11) is 2.94. The lowest BCUT2D eigenvalue weighted by Gasteiger charge is -2.54. The molecule has 6 aromatic rings. The highest BCUT2D eigenvalue weighted by Gasteiger charge is 2.53. The number of rotatable bonds is 18. The number of halogens is 1. The first-order valence-electron chi connectivity index (χ1n) is 41.0. The Balaban J connectivity index is 0.973. The van der Waals surface area contributed by atoms with E-state index in [-0.39, 0.29) is 123 Å². The zero-order valence-electron chi connectivity index (χ0n) is 68.4. The van der Waals surface area contributed by atoms with Crippen LogP contribution in [0.4, 0.5) is 0 Å². The maximum absolute atomic E-state index is 16.7. The van der Waals surface area contributed by atoms with Gasteiger partial charge in [0.1, 0.15) is 102 Å². The average Bonchev–Trinajstić information content (AvgIpc) is 0.763. The number of hydrogen-bond acceptors (Lipinski definition) is 27. The number of aliphatic hydroxyl groups is 6. The summed E-state index contributed by atoms with van der Waals surface area (Å²) in [4.78, 5) is 140. The standard InChI is InChI=1S/C87H103ClN10O25/c1-36(2)20-54(90-6)79(109)95-68-71(103)43-11-16-57(37(3)21-43)120-59-29-47-30-60(75(59)122-61-31-48(35-99)73(105)74(106)76(61)123-62-34-87(5,89)77(107)38(4)119-62)121-58-17-12-44(28-53(58)88)72(104)69-83(113)94-67(82(112)91-64-45-23-39-22-40(25-45)26-46(64)24-39)52-32-49(100)33-56(102)63(52)51-27-42(10-15-55(51)101)65(80(110)96-69)92-81(111)66(47)93-85(115)70(97-84(68)114)86(116)98-78(108)41-8-13-50(14-9-41)118-19-18-117-7/h8-17,21,27-30,32-33,36,38-40,45-46,48,54,61-62,64-74,76-77,90,99-107H,18-20,22-26,31,34-35,89H2,1-7H3,(H,91,112)(H,92,111)(H,93,115)(H,94,113)(H,95,109)(H,96,110)(H,97,114)(H,98,108,116)/t38-,39?,40?,45?,46?,48+,54+,61+,62-,64?,65+,66+,67-,68+,69-,70?,71+,72+,73+,74-,76-,77+,87-/m0/s1. The van der Waals surface area contributed by atoms with Gasteiger partial charge in [0.25, 0.3) is 17.7 Å². The highest BCUT2D eigenvalue weighted by atomic mass is 35.5. The van der Waals surface area contributed by atoms with Crippen molar-refractivity contribution in [2.24, 2.45) is 41.2 Å². The van der Waals surface area contributed by atoms with Crippen molar-refractivity contribution in [3.8, 4) is 62.9 Å². The van der Waals surface area contributed by atoms with Gasteiger partial charge in [0.15, 0.2) is 23.8 Å². The molecule has 0 spiro atoms. The van der Waals surface area contributed by atoms with Gasteiger partial charge in [-0.25, -0.2) is 0 Å². The van der Waals surface area contributed by atoms with E-state index in [9.17, 15) is 55.5 Å². The summed E-state index contributed by atoms with van der Waals surface area (Å²) in [5, 5.41) is 131. The van der Waals surface area contributed by atoms with Crippen molar-refractivity contribution >= 4 is 64.8 Å². The van der Waals surface area contributed by atoms with E-state index in [1.54, 1.807) is 6.92 Å². The number of fused-ring (bicyclic) bond motifs is 15. The average molecular weight is 1720 g/mol. The number of aromatic hydroxyl groups is 3. The summed E-state index contributed by atoms with van der Waals surface area (Å²) < 4.78 is 44.2. The second-order valence-corrected chi connectivity index (χ2v) is 34.5. The number of carbonyl (C=O) groups is 9. The third-order valence-electron chi connectivity index (χ3n) is 24.8. The minimum absolute atomic E-state index is 0.0594. The van der Waals surface area contributed by atoms with E-state index >= 15 is 33.6 Å². The minimum atomic E-state index is -2.71. The Morgan fingerprint density at radius 3 is 1.93 bits per heavy atom. The highest BCUT2D eigenvalue weighted by Crippen LogP contribution is 2.55. The molecule has 35 nitrogen and oxygen atoms in total. The molecular weight excluding hydrogens is 1620 g/mol. The van der Waals surface area contributed by atoms with Crippen molar-refractivity contribution in [3.63, 3.8) is 0 Å². The van der Waals surface area contributed by atoms with Crippen LogP contribution in [-0.2, 0) is 52.6 Å². The molecule has 6 aromatic carbocycles. The van der Waals surface area contributed by atoms with Gasteiger partial charge in [-0.2, -0.15) is 0 Å². The molecule has 6 fully saturated rings. The Kier molecular flexibility index (Phi) is 26.3. The maximum Gasteiger partial charge on any atom is 0.259 e. The Bertz CT molecular complexity index is 5030. The molecule has 20 N–H and O–H groups in total. The zero-order valence-corrected chi connectivity index (χ0v) is 69.1. The quantitative estimate of drug-likeness (QED) is 0.0333. The van der Waals surface area contributed by atoms with Crippen molar-refractivity contribution in [3.05, 3.63) is 147 Å². The minimum Gasteiger partial charge on any atom is -0.508 e. The molecule has 18 atom stereocenters. The molecule has 6 aliphatic heterocycles. The van der Waals surface area contributed by atoms with E-state index in [2.05, 4.69) is 47.9 Å². The zero-order chi connectivity index (χ0) is 88.1. The van der Waals surface area contributed by atoms with Crippen molar-refractivity contribution < 1.29 is 122 Å². The highest BCUT2D eigenvalue weighted by molar-refractivity contribution is 6.32. The maximum atomic E-state index is 16.7. The Morgan fingerprint density at radius 1 is 0.659 bits per heavy atom. The van der Waals surface area contributed by atoms with Crippen LogP contribution < -0.4 is 72.5 Å². The second-order valence-electron chi connectivity index (χ2n) is 34.1. The van der Waals surface area contributed by atoms with E-state index in [0.717, 1.165) is 80.6 Å². The van der Waals surface area contributed by atoms with Crippen LogP contribution in [0.25, 0.3) is 11.1 Å². The van der Waals surface area contributed by atoms with Crippen LogP contribution in [-0.4, -0.2) is 212 Å². The number of ether oxygens (including phenoxy) is 7. The summed E-state index contributed by atoms with van der Waals surface area (Å²) in [6.45, 7) is 7.81. The van der Waals surface area contributed by atoms with Gasteiger partial charge in [-0.15, -0.1) is 0 Å². The molecule has 1 saturated heterocycles. The Hall–Kier alpha value is -10.8. The van der Waals surface area contributed by atoms with E-state index in [0.29, 0.717) is 11.8 Å². The van der Waals surface area contributed by atoms with Crippen molar-refractivity contribution in [1.29, 1.82) is 0 Å². The van der Waals surface area contributed by atoms with Gasteiger partial charge in [-0.1, -0.05) is 43.6 Å². The van der Waals surface area contributed by atoms with E-state index < -0.39 is 209 Å². The van der Waals surface area contributed by atoms with Gasteiger partial charge in [-0.05, 0) is 215 Å². The number of imide groups is 1. The molecule has 6 heterocycles. The van der Waals surface area contributed by atoms with Crippen molar-refractivity contribution in [1.82, 2.24) is 47.9 Å². The second kappa shape index (κ2) is 36.6. The van der Waals surface area contributed by atoms with E-state index in [1.807, 2.05) is 13.8 Å². The predicted molar refractivity (Wildman–Crippen MR) is 436 cm³/mol. The Labute approximate surface area is 711 Å². The number of benzene rings is 6. The van der Waals surface area contributed by atoms with Gasteiger partial charge in [-0.3, -0.25) is 48.5 Å². The lowest BCUT2D eigenvalue weighted by Crippen LogP contribution is -2.63. The summed E-state index contributed by atoms with van der Waals surface area (Å²) in [6, 6.07) is 5.44. The monoisotopic (exact) mass is 1720 g/mol. The Morgan fingerprint density at radius 2 is 1.29 bits per heavy atom. The lowest BCUT2D eigenvalue weighted by atomic mass is 9.54. The summed E-state index contributed by atoms with van der Waals surface area (Å²) in [5.41, 5.74) is 3.13. The van der Waals surface area contributed by atoms with Gasteiger partial charge in [0.2, 0.25) is 41.2 Å². The van der Waals surface area contributed by atoms with Crippen LogP contribution in [0.15, 0.2) is 103 Å². The molecule has 15 bridgehead atoms. The van der Waals surface area contributed by atoms with Crippen LogP contribution in [0.1, 0.15) is 153 Å². The fourth-order valence-corrected chi connectivity index (χ4v) is 18.8. The number of amides is 9. The molecular formula is C87H103ClN10O25. The number of methoxy groups -OCH3 is 1. The molecule has 17 rings (SSSR count). The van der Waals surface area contributed by atoms with Gasteiger partial charge < -0.3 is 127 Å². The molecule has 5 saturated carbocycles. The molecule has 658 valence electrons. The molecule has 1 unspecified atom stereocenters. The van der Waals surface area contributed by atoms with Gasteiger partial charge in [0.05, 0.1) is 36.0 Å². The number of aliphatic hydroxyl groups excluding tert-OH is 6. The van der Waals surface area contributed by atoms with Gasteiger partial charge >= 0.3 is 0 Å². The number of likely N-dealkylation sites (N-methyl/N-ethyl adjacent to an activating group) is 1. The predicted octanol–water partition coefficient (Wildman–Crippen LogP) is 3.39. The number of phenolic OH excluding ortho intramolecular Hbond substituents is 3. The first-order chi connectivity index (χ1) is 58.6. The normalized spacial score (nSPS) is 30.6. The van der Waals surface area contributed by atoms with Crippen LogP contribution in [0.2, 0.25) is 5.02 Å². The fourth-order valence-electron chi connectivity index (χ4n) is 18.6. The molecule has 36 heteroatoms. The first-order valence-corrected chi connectivity index (χ1v) is 41.4. The molecule has 123 heavy (non-hydrogen) atoms. The molecule has 5 aliphatic carbocycles. The number of aryl methyl sites for hydroxylation is 1. The SMILES string of the molecule is CN[C@H](CC(C)C)C(=O)N[C@H]1C(=O)NC(C(=O)NC(=O)c2ccc(OCCOC)cc2)C(=O)N[C@H]2C(=O)N[C@H]3C(=O)N[C@H](C(=O)N[C@H](C(=O)NC4C5CC6CC(C5)CC4C6)c4cc(O)cc(O)c4-c4cc3ccc4O)[C@H](O)c3ccc(c(Cl)c3)Oc3cc2cc(c3O[C@@H]2C[C@H](CO)[C@@H](O)[C@H](O)[C@H]2O[C@H]2C[C@](C)(N)[C@H](O)[C@H](C)O2)Oc2ccc(cc2C)[C@H]1O. The van der Waals surface area contributed by atoms with Crippen LogP contribution in [0, 0.1) is 42.4 Å². The smallest absolute Gasteiger partial charge is 0.259 e. The molecule has 11 aliphatic rings. The number of phenols is 3. The topological polar surface area (TPSA) is 535 Å². The third-order valence-corrected chi connectivity index (χ3v) is 25.1. The molecule has 0 radical (unpaired) electrons. The third kappa shape index (κ3) is 18.7. The first kappa shape index (κ1) is 88.5.